The van der Waals surface area contributed by atoms with Crippen LogP contribution in [-0.2, 0) is 23.7 Å². The summed E-state index contributed by atoms with van der Waals surface area (Å²) in [5.41, 5.74) is -4.81. The lowest BCUT2D eigenvalue weighted by atomic mass is 9.98. The van der Waals surface area contributed by atoms with Gasteiger partial charge < -0.3 is 10.0 Å². The van der Waals surface area contributed by atoms with E-state index in [0.29, 0.717) is 12.1 Å². The molecule has 0 bridgehead atoms. The largest absolute Gasteiger partial charge is 0.465 e. The van der Waals surface area contributed by atoms with Crippen LogP contribution in [0.5, 0.6) is 0 Å². The van der Waals surface area contributed by atoms with Crippen molar-refractivity contribution in [2.24, 2.45) is 0 Å². The maximum absolute atomic E-state index is 13.6. The Balaban J connectivity index is 2.20. The molecule has 0 radical (unpaired) electrons. The third kappa shape index (κ3) is 5.47. The molecule has 0 saturated heterocycles. The first kappa shape index (κ1) is 27.0. The van der Waals surface area contributed by atoms with Crippen LogP contribution in [0, 0.1) is 0 Å². The molecule has 0 aliphatic carbocycles. The number of hydrogen-bond donors (Lipinski definition) is 1. The minimum Gasteiger partial charge on any atom is -0.465 e. The maximum atomic E-state index is 13.6. The average Bonchev–Trinajstić information content (AvgIpc) is 2.82. The fraction of sp³-hybridized carbons (Fsp3) is 0.375. The zero-order valence-corrected chi connectivity index (χ0v) is 19.4. The van der Waals surface area contributed by atoms with Crippen LogP contribution in [0.25, 0.3) is 0 Å². The van der Waals surface area contributed by atoms with E-state index in [0.717, 1.165) is 9.80 Å². The van der Waals surface area contributed by atoms with Crippen LogP contribution < -0.4 is 4.90 Å². The van der Waals surface area contributed by atoms with Gasteiger partial charge in [-0.05, 0) is 56.7 Å². The molecule has 3 rings (SSSR count). The predicted octanol–water partition coefficient (Wildman–Crippen LogP) is 5.99. The number of hydrogen-bond acceptors (Lipinski definition) is 3. The number of nitrogens with zero attached hydrogens (tertiary/aromatic N) is 2. The Morgan fingerprint density at radius 3 is 1.97 bits per heavy atom. The van der Waals surface area contributed by atoms with Crippen molar-refractivity contribution in [2.75, 3.05) is 4.90 Å². The van der Waals surface area contributed by atoms with Crippen LogP contribution in [0.4, 0.5) is 36.8 Å². The highest BCUT2D eigenvalue weighted by Crippen LogP contribution is 2.38. The number of halogens is 6. The number of ketones is 1. The number of amides is 2. The fourth-order valence-electron chi connectivity index (χ4n) is 4.16. The summed E-state index contributed by atoms with van der Waals surface area (Å²) >= 11 is 0. The summed E-state index contributed by atoms with van der Waals surface area (Å²) in [6.07, 6.45) is -12.3. The zero-order chi connectivity index (χ0) is 27.2. The highest BCUT2D eigenvalue weighted by Gasteiger charge is 2.44. The number of carbonyl (C=O) groups excluding carboxylic acids is 2. The van der Waals surface area contributed by atoms with E-state index in [9.17, 15) is 45.8 Å². The SMILES string of the molecule is CC(C)(C)N(C(=O)O)[C@@H]1CC(=O)c2ccccc2N(Cc2cc(C(F)(F)F)cc(C(F)(F)F)c2)C1=O. The van der Waals surface area contributed by atoms with Crippen molar-refractivity contribution in [3.63, 3.8) is 0 Å². The summed E-state index contributed by atoms with van der Waals surface area (Å²) in [5.74, 6) is -1.54. The number of carbonyl (C=O) groups is 3. The molecule has 0 spiro atoms. The molecule has 2 aromatic carbocycles. The van der Waals surface area contributed by atoms with Crippen LogP contribution in [0.1, 0.15) is 54.2 Å². The third-order valence-corrected chi connectivity index (χ3v) is 5.65. The minimum atomic E-state index is -5.10. The molecule has 1 atom stereocenters. The summed E-state index contributed by atoms with van der Waals surface area (Å²) in [7, 11) is 0. The summed E-state index contributed by atoms with van der Waals surface area (Å²) < 4.78 is 80.2. The molecule has 2 aromatic rings. The van der Waals surface area contributed by atoms with E-state index in [4.69, 9.17) is 0 Å². The van der Waals surface area contributed by atoms with E-state index < -0.39 is 71.4 Å². The van der Waals surface area contributed by atoms with Crippen LogP contribution in [0.15, 0.2) is 42.5 Å². The van der Waals surface area contributed by atoms with Gasteiger partial charge >= 0.3 is 18.4 Å². The smallest absolute Gasteiger partial charge is 0.416 e. The van der Waals surface area contributed by atoms with Crippen LogP contribution in [0.2, 0.25) is 0 Å². The minimum absolute atomic E-state index is 0.00406. The molecule has 36 heavy (non-hydrogen) atoms. The summed E-state index contributed by atoms with van der Waals surface area (Å²) in [4.78, 5) is 40.3. The Labute approximate surface area is 202 Å². The Kier molecular flexibility index (Phi) is 6.86. The van der Waals surface area contributed by atoms with E-state index in [1.54, 1.807) is 0 Å². The van der Waals surface area contributed by atoms with Gasteiger partial charge in [0, 0.05) is 17.5 Å². The number of para-hydroxylation sites is 1. The lowest BCUT2D eigenvalue weighted by Gasteiger charge is -2.39. The predicted molar refractivity (Wildman–Crippen MR) is 116 cm³/mol. The number of rotatable bonds is 3. The van der Waals surface area contributed by atoms with Gasteiger partial charge in [-0.1, -0.05) is 12.1 Å². The highest BCUT2D eigenvalue weighted by atomic mass is 19.4. The second-order valence-corrected chi connectivity index (χ2v) is 9.32. The number of anilines is 1. The molecular weight excluding hydrogens is 494 g/mol. The van der Waals surface area contributed by atoms with E-state index in [2.05, 4.69) is 0 Å². The summed E-state index contributed by atoms with van der Waals surface area (Å²) in [5, 5.41) is 9.80. The van der Waals surface area contributed by atoms with E-state index in [1.807, 2.05) is 0 Å². The van der Waals surface area contributed by atoms with Gasteiger partial charge in [0.05, 0.1) is 23.4 Å². The molecule has 0 aromatic heterocycles. The Morgan fingerprint density at radius 1 is 0.972 bits per heavy atom. The maximum Gasteiger partial charge on any atom is 0.416 e. The topological polar surface area (TPSA) is 77.9 Å². The van der Waals surface area contributed by atoms with Crippen molar-refractivity contribution in [3.05, 3.63) is 64.7 Å². The quantitative estimate of drug-likeness (QED) is 0.509. The lowest BCUT2D eigenvalue weighted by molar-refractivity contribution is -0.143. The van der Waals surface area contributed by atoms with Crippen molar-refractivity contribution in [2.45, 2.75) is 57.7 Å². The van der Waals surface area contributed by atoms with Gasteiger partial charge in [-0.25, -0.2) is 4.79 Å². The summed E-state index contributed by atoms with van der Waals surface area (Å²) in [6.45, 7) is 3.71. The van der Waals surface area contributed by atoms with Crippen molar-refractivity contribution < 1.29 is 45.8 Å². The monoisotopic (exact) mass is 516 g/mol. The number of Topliss-reactive ketones (excluding diaryl/α,β-unsaturated/α-hetero) is 1. The molecule has 6 nitrogen and oxygen atoms in total. The second-order valence-electron chi connectivity index (χ2n) is 9.32. The van der Waals surface area contributed by atoms with Gasteiger partial charge in [0.15, 0.2) is 5.78 Å². The zero-order valence-electron chi connectivity index (χ0n) is 19.4. The van der Waals surface area contributed by atoms with Crippen molar-refractivity contribution >= 4 is 23.5 Å². The van der Waals surface area contributed by atoms with Gasteiger partial charge in [-0.15, -0.1) is 0 Å². The molecule has 1 N–H and O–H groups in total. The molecule has 1 aliphatic heterocycles. The van der Waals surface area contributed by atoms with Crippen molar-refractivity contribution in [1.29, 1.82) is 0 Å². The van der Waals surface area contributed by atoms with Gasteiger partial charge in [-0.3, -0.25) is 14.5 Å². The molecule has 0 unspecified atom stereocenters. The van der Waals surface area contributed by atoms with Gasteiger partial charge in [0.2, 0.25) is 0 Å². The first-order chi connectivity index (χ1) is 16.4. The number of alkyl halides is 6. The summed E-state index contributed by atoms with van der Waals surface area (Å²) in [6, 6.07) is 5.00. The fourth-order valence-corrected chi connectivity index (χ4v) is 4.16. The molecule has 12 heteroatoms. The molecule has 1 heterocycles. The van der Waals surface area contributed by atoms with E-state index in [-0.39, 0.29) is 17.3 Å². The second kappa shape index (κ2) is 9.14. The number of carboxylic acid groups (broad SMARTS) is 1. The normalized spacial score (nSPS) is 17.0. The average molecular weight is 516 g/mol. The van der Waals surface area contributed by atoms with E-state index >= 15 is 0 Å². The molecule has 2 amide bonds. The van der Waals surface area contributed by atoms with Gasteiger partial charge in [-0.2, -0.15) is 26.3 Å². The van der Waals surface area contributed by atoms with Crippen LogP contribution in [-0.4, -0.2) is 39.4 Å². The Hall–Kier alpha value is -3.57. The van der Waals surface area contributed by atoms with Crippen molar-refractivity contribution in [1.82, 2.24) is 4.90 Å². The van der Waals surface area contributed by atoms with Gasteiger partial charge in [0.1, 0.15) is 6.04 Å². The molecule has 0 saturated carbocycles. The highest BCUT2D eigenvalue weighted by molar-refractivity contribution is 6.12. The number of fused-ring (bicyclic) bond motifs is 1. The molecule has 0 fully saturated rings. The Bertz CT molecular complexity index is 1170. The lowest BCUT2D eigenvalue weighted by Crippen LogP contribution is -2.57. The van der Waals surface area contributed by atoms with E-state index in [1.165, 1.54) is 45.0 Å². The third-order valence-electron chi connectivity index (χ3n) is 5.65. The molecule has 1 aliphatic rings. The first-order valence-electron chi connectivity index (χ1n) is 10.7. The molecular formula is C24H22F6N2O4. The molecule has 194 valence electrons. The number of benzene rings is 2. The Morgan fingerprint density at radius 2 is 1.50 bits per heavy atom. The van der Waals surface area contributed by atoms with Crippen LogP contribution >= 0.6 is 0 Å². The van der Waals surface area contributed by atoms with Gasteiger partial charge in [0.25, 0.3) is 5.91 Å². The van der Waals surface area contributed by atoms with Crippen LogP contribution in [0.3, 0.4) is 0 Å². The first-order valence-corrected chi connectivity index (χ1v) is 10.7. The standard InChI is InChI=1S/C24H22F6N2O4/c1-22(2,3)32(21(35)36)18-11-19(33)16-6-4-5-7-17(16)31(20(18)34)12-13-8-14(23(25,26)27)10-15(9-13)24(28,29)30/h4-10,18H,11-12H2,1-3H3,(H,35,36)/t18-/m1/s1. The van der Waals surface area contributed by atoms with Crippen molar-refractivity contribution in [3.8, 4) is 0 Å².